The van der Waals surface area contributed by atoms with Crippen LogP contribution in [0.3, 0.4) is 0 Å². The number of likely N-dealkylation sites (tertiary alicyclic amines) is 1. The highest BCUT2D eigenvalue weighted by Gasteiger charge is 2.29. The van der Waals surface area contributed by atoms with Gasteiger partial charge in [0.25, 0.3) is 0 Å². The number of nitrogens with zero attached hydrogens (tertiary/aromatic N) is 2. The van der Waals surface area contributed by atoms with Crippen molar-refractivity contribution >= 4 is 11.7 Å². The number of ether oxygens (including phenoxy) is 1. The molecule has 2 heterocycles. The molecule has 1 fully saturated rings. The van der Waals surface area contributed by atoms with Gasteiger partial charge in [-0.2, -0.15) is 0 Å². The number of urea groups is 1. The fourth-order valence-electron chi connectivity index (χ4n) is 3.04. The molecule has 1 aromatic carbocycles. The van der Waals surface area contributed by atoms with Gasteiger partial charge in [-0.3, -0.25) is 0 Å². The van der Waals surface area contributed by atoms with Crippen molar-refractivity contribution in [1.82, 2.24) is 9.88 Å². The van der Waals surface area contributed by atoms with Crippen molar-refractivity contribution in [2.45, 2.75) is 25.3 Å². The van der Waals surface area contributed by atoms with Gasteiger partial charge in [0.05, 0.1) is 7.11 Å². The summed E-state index contributed by atoms with van der Waals surface area (Å²) < 4.78 is 5.19. The summed E-state index contributed by atoms with van der Waals surface area (Å²) in [5, 5.41) is 2.92. The molecule has 1 aliphatic rings. The fourth-order valence-corrected chi connectivity index (χ4v) is 3.04. The van der Waals surface area contributed by atoms with Crippen molar-refractivity contribution in [2.75, 3.05) is 19.0 Å². The van der Waals surface area contributed by atoms with Gasteiger partial charge in [0, 0.05) is 18.8 Å². The van der Waals surface area contributed by atoms with Crippen LogP contribution in [0.25, 0.3) is 0 Å². The number of carbonyl (C=O) groups is 1. The number of nitrogens with one attached hydrogen (secondary N) is 1. The number of anilines is 1. The Hall–Kier alpha value is -2.56. The first-order valence-corrected chi connectivity index (χ1v) is 7.88. The fraction of sp³-hybridized carbons (Fsp3) is 0.333. The maximum absolute atomic E-state index is 12.6. The molecule has 0 bridgehead atoms. The summed E-state index contributed by atoms with van der Waals surface area (Å²) >= 11 is 0. The van der Waals surface area contributed by atoms with Gasteiger partial charge >= 0.3 is 6.03 Å². The molecule has 0 spiro atoms. The van der Waals surface area contributed by atoms with Crippen LogP contribution in [-0.4, -0.2) is 35.6 Å². The number of carbonyl (C=O) groups excluding carboxylic acids is 1. The molecule has 120 valence electrons. The zero-order valence-electron chi connectivity index (χ0n) is 13.2. The van der Waals surface area contributed by atoms with Gasteiger partial charge in [0.15, 0.2) is 0 Å². The molecule has 2 aromatic rings. The highest BCUT2D eigenvalue weighted by Crippen LogP contribution is 2.25. The van der Waals surface area contributed by atoms with E-state index >= 15 is 0 Å². The Morgan fingerprint density at radius 2 is 2.13 bits per heavy atom. The third-order valence-electron chi connectivity index (χ3n) is 4.16. The maximum Gasteiger partial charge on any atom is 0.322 e. The average Bonchev–Trinajstić information content (AvgIpc) is 3.04. The second-order valence-electron chi connectivity index (χ2n) is 5.67. The van der Waals surface area contributed by atoms with Crippen molar-refractivity contribution in [2.24, 2.45) is 0 Å². The number of amides is 2. The van der Waals surface area contributed by atoms with E-state index in [1.807, 2.05) is 23.1 Å². The third-order valence-corrected chi connectivity index (χ3v) is 4.16. The van der Waals surface area contributed by atoms with Crippen LogP contribution >= 0.6 is 0 Å². The van der Waals surface area contributed by atoms with E-state index in [1.165, 1.54) is 5.56 Å². The van der Waals surface area contributed by atoms with Gasteiger partial charge in [-0.1, -0.05) is 30.3 Å². The maximum atomic E-state index is 12.6. The first kappa shape index (κ1) is 15.3. The minimum Gasteiger partial charge on any atom is -0.480 e. The highest BCUT2D eigenvalue weighted by molar-refractivity contribution is 5.91. The molecule has 3 rings (SSSR count). The molecule has 0 unspecified atom stereocenters. The molecule has 5 nitrogen and oxygen atoms in total. The molecule has 1 aliphatic heterocycles. The Morgan fingerprint density at radius 3 is 2.91 bits per heavy atom. The number of rotatable bonds is 4. The van der Waals surface area contributed by atoms with Crippen LogP contribution in [0.15, 0.2) is 48.7 Å². The monoisotopic (exact) mass is 311 g/mol. The Bertz CT molecular complexity index is 660. The van der Waals surface area contributed by atoms with Crippen LogP contribution in [-0.2, 0) is 6.42 Å². The number of methoxy groups -OCH3 is 1. The van der Waals surface area contributed by atoms with E-state index in [0.717, 1.165) is 25.8 Å². The van der Waals surface area contributed by atoms with Crippen LogP contribution in [0.1, 0.15) is 18.4 Å². The standard InChI is InChI=1S/C18H21N3O2/c1-23-17-16(10-5-11-19-17)20-18(22)21-12-6-9-15(21)13-14-7-3-2-4-8-14/h2-5,7-8,10-11,15H,6,9,12-13H2,1H3,(H,20,22)/t15-/m0/s1. The first-order chi connectivity index (χ1) is 11.3. The normalized spacial score (nSPS) is 17.1. The topological polar surface area (TPSA) is 54.5 Å². The number of hydrogen-bond acceptors (Lipinski definition) is 3. The van der Waals surface area contributed by atoms with Gasteiger partial charge in [0.1, 0.15) is 5.69 Å². The molecule has 1 N–H and O–H groups in total. The summed E-state index contributed by atoms with van der Waals surface area (Å²) in [6.45, 7) is 0.784. The van der Waals surface area contributed by atoms with Crippen LogP contribution in [0.4, 0.5) is 10.5 Å². The van der Waals surface area contributed by atoms with Crippen molar-refractivity contribution in [1.29, 1.82) is 0 Å². The van der Waals surface area contributed by atoms with Crippen LogP contribution in [0, 0.1) is 0 Å². The van der Waals surface area contributed by atoms with E-state index < -0.39 is 0 Å². The Morgan fingerprint density at radius 1 is 1.30 bits per heavy atom. The zero-order valence-corrected chi connectivity index (χ0v) is 13.2. The summed E-state index contributed by atoms with van der Waals surface area (Å²) in [5.74, 6) is 0.430. The van der Waals surface area contributed by atoms with Gasteiger partial charge in [-0.25, -0.2) is 9.78 Å². The lowest BCUT2D eigenvalue weighted by Crippen LogP contribution is -2.39. The molecule has 1 aromatic heterocycles. The van der Waals surface area contributed by atoms with E-state index in [-0.39, 0.29) is 12.1 Å². The third kappa shape index (κ3) is 3.62. The van der Waals surface area contributed by atoms with E-state index in [4.69, 9.17) is 4.74 Å². The van der Waals surface area contributed by atoms with Crippen molar-refractivity contribution in [3.8, 4) is 5.88 Å². The van der Waals surface area contributed by atoms with E-state index in [9.17, 15) is 4.79 Å². The molecule has 5 heteroatoms. The van der Waals surface area contributed by atoms with Crippen molar-refractivity contribution < 1.29 is 9.53 Å². The van der Waals surface area contributed by atoms with E-state index in [1.54, 1.807) is 25.4 Å². The molecule has 0 aliphatic carbocycles. The minimum absolute atomic E-state index is 0.0882. The summed E-state index contributed by atoms with van der Waals surface area (Å²) in [6, 6.07) is 14.0. The van der Waals surface area contributed by atoms with Crippen LogP contribution in [0.2, 0.25) is 0 Å². The molecule has 23 heavy (non-hydrogen) atoms. The van der Waals surface area contributed by atoms with Crippen LogP contribution in [0.5, 0.6) is 5.88 Å². The minimum atomic E-state index is -0.0882. The molecule has 0 radical (unpaired) electrons. The first-order valence-electron chi connectivity index (χ1n) is 7.88. The predicted molar refractivity (Wildman–Crippen MR) is 89.7 cm³/mol. The van der Waals surface area contributed by atoms with E-state index in [2.05, 4.69) is 22.4 Å². The SMILES string of the molecule is COc1ncccc1NC(=O)N1CCC[C@H]1Cc1ccccc1. The van der Waals surface area contributed by atoms with Gasteiger partial charge in [-0.05, 0) is 37.0 Å². The Kier molecular flexibility index (Phi) is 4.76. The lowest BCUT2D eigenvalue weighted by atomic mass is 10.0. The molecule has 1 atom stereocenters. The van der Waals surface area contributed by atoms with Gasteiger partial charge in [-0.15, -0.1) is 0 Å². The van der Waals surface area contributed by atoms with Crippen LogP contribution < -0.4 is 10.1 Å². The summed E-state index contributed by atoms with van der Waals surface area (Å²) in [7, 11) is 1.55. The van der Waals surface area contributed by atoms with E-state index in [0.29, 0.717) is 11.6 Å². The Balaban J connectivity index is 1.68. The second kappa shape index (κ2) is 7.13. The number of hydrogen-bond donors (Lipinski definition) is 1. The van der Waals surface area contributed by atoms with Gasteiger partial charge in [0.2, 0.25) is 5.88 Å². The largest absolute Gasteiger partial charge is 0.480 e. The number of aromatic nitrogens is 1. The summed E-state index contributed by atoms with van der Waals surface area (Å²) in [6.07, 6.45) is 4.60. The van der Waals surface area contributed by atoms with Crippen molar-refractivity contribution in [3.63, 3.8) is 0 Å². The molecule has 0 saturated carbocycles. The lowest BCUT2D eigenvalue weighted by Gasteiger charge is -2.25. The summed E-state index contributed by atoms with van der Waals surface area (Å²) in [5.41, 5.74) is 1.86. The quantitative estimate of drug-likeness (QED) is 0.942. The number of benzene rings is 1. The second-order valence-corrected chi connectivity index (χ2v) is 5.67. The zero-order chi connectivity index (χ0) is 16.1. The smallest absolute Gasteiger partial charge is 0.322 e. The summed E-state index contributed by atoms with van der Waals surface area (Å²) in [4.78, 5) is 18.6. The average molecular weight is 311 g/mol. The molecular formula is C18H21N3O2. The number of pyridine rings is 1. The van der Waals surface area contributed by atoms with Gasteiger partial charge < -0.3 is 15.0 Å². The Labute approximate surface area is 136 Å². The lowest BCUT2D eigenvalue weighted by molar-refractivity contribution is 0.206. The molecular weight excluding hydrogens is 290 g/mol. The molecule has 2 amide bonds. The highest BCUT2D eigenvalue weighted by atomic mass is 16.5. The molecule has 1 saturated heterocycles. The van der Waals surface area contributed by atoms with Crippen molar-refractivity contribution in [3.05, 3.63) is 54.2 Å². The predicted octanol–water partition coefficient (Wildman–Crippen LogP) is 3.33.